The number of aromatic nitrogens is 3. The molecule has 1 aliphatic rings. The lowest BCUT2D eigenvalue weighted by Crippen LogP contribution is -2.24. The predicted octanol–water partition coefficient (Wildman–Crippen LogP) is 2.50. The van der Waals surface area contributed by atoms with Gasteiger partial charge < -0.3 is 10.2 Å². The van der Waals surface area contributed by atoms with Crippen molar-refractivity contribution in [2.24, 2.45) is 0 Å². The predicted molar refractivity (Wildman–Crippen MR) is 94.6 cm³/mol. The number of amides is 1. The van der Waals surface area contributed by atoms with Crippen LogP contribution in [0.2, 0.25) is 0 Å². The van der Waals surface area contributed by atoms with E-state index >= 15 is 0 Å². The third kappa shape index (κ3) is 3.19. The van der Waals surface area contributed by atoms with Gasteiger partial charge in [-0.1, -0.05) is 24.3 Å². The summed E-state index contributed by atoms with van der Waals surface area (Å²) >= 11 is 0. The topological polar surface area (TPSA) is 71.0 Å². The zero-order chi connectivity index (χ0) is 17.1. The van der Waals surface area contributed by atoms with Crippen molar-refractivity contribution in [3.05, 3.63) is 77.7 Å². The average Bonchev–Trinajstić information content (AvgIpc) is 3.11. The number of rotatable bonds is 4. The summed E-state index contributed by atoms with van der Waals surface area (Å²) < 4.78 is 0. The van der Waals surface area contributed by atoms with Crippen LogP contribution in [0, 0.1) is 0 Å². The number of carbonyl (C=O) groups is 1. The van der Waals surface area contributed by atoms with Crippen LogP contribution in [-0.2, 0) is 13.0 Å². The SMILES string of the molecule is O=C(NCc1cccnc1)c1ccc(N2CCc3ccccc32)nn1. The Hall–Kier alpha value is -3.28. The smallest absolute Gasteiger partial charge is 0.272 e. The summed E-state index contributed by atoms with van der Waals surface area (Å²) in [6.07, 6.45) is 4.41. The van der Waals surface area contributed by atoms with Crippen molar-refractivity contribution in [2.45, 2.75) is 13.0 Å². The minimum atomic E-state index is -0.246. The zero-order valence-electron chi connectivity index (χ0n) is 13.6. The van der Waals surface area contributed by atoms with E-state index in [0.29, 0.717) is 12.2 Å². The fourth-order valence-electron chi connectivity index (χ4n) is 2.94. The van der Waals surface area contributed by atoms with Crippen LogP contribution in [0.1, 0.15) is 21.6 Å². The molecule has 0 unspecified atom stereocenters. The largest absolute Gasteiger partial charge is 0.347 e. The average molecular weight is 331 g/mol. The first kappa shape index (κ1) is 15.3. The molecule has 1 aromatic carbocycles. The summed E-state index contributed by atoms with van der Waals surface area (Å²) in [5.74, 6) is 0.512. The summed E-state index contributed by atoms with van der Waals surface area (Å²) in [5, 5.41) is 11.2. The molecule has 0 saturated heterocycles. The quantitative estimate of drug-likeness (QED) is 0.795. The number of carbonyl (C=O) groups excluding carboxylic acids is 1. The lowest BCUT2D eigenvalue weighted by atomic mass is 10.2. The van der Waals surface area contributed by atoms with E-state index in [2.05, 4.69) is 37.5 Å². The van der Waals surface area contributed by atoms with Gasteiger partial charge in [0.25, 0.3) is 5.91 Å². The normalized spacial score (nSPS) is 12.7. The zero-order valence-corrected chi connectivity index (χ0v) is 13.6. The van der Waals surface area contributed by atoms with Gasteiger partial charge in [-0.25, -0.2) is 0 Å². The van der Waals surface area contributed by atoms with Gasteiger partial charge in [0.15, 0.2) is 11.5 Å². The molecule has 2 aromatic heterocycles. The molecule has 0 fully saturated rings. The highest BCUT2D eigenvalue weighted by molar-refractivity contribution is 5.92. The molecule has 0 saturated carbocycles. The third-order valence-electron chi connectivity index (χ3n) is 4.22. The lowest BCUT2D eigenvalue weighted by molar-refractivity contribution is 0.0945. The Labute approximate surface area is 145 Å². The fraction of sp³-hybridized carbons (Fsp3) is 0.158. The van der Waals surface area contributed by atoms with Gasteiger partial charge in [0, 0.05) is 31.2 Å². The van der Waals surface area contributed by atoms with Crippen LogP contribution < -0.4 is 10.2 Å². The Morgan fingerprint density at radius 3 is 2.80 bits per heavy atom. The molecule has 0 spiro atoms. The first-order chi connectivity index (χ1) is 12.3. The molecule has 124 valence electrons. The van der Waals surface area contributed by atoms with Crippen LogP contribution in [-0.4, -0.2) is 27.6 Å². The maximum absolute atomic E-state index is 12.2. The van der Waals surface area contributed by atoms with Crippen molar-refractivity contribution in [2.75, 3.05) is 11.4 Å². The molecule has 1 amide bonds. The summed E-state index contributed by atoms with van der Waals surface area (Å²) in [5.41, 5.74) is 3.71. The number of hydrogen-bond donors (Lipinski definition) is 1. The minimum Gasteiger partial charge on any atom is -0.347 e. The maximum Gasteiger partial charge on any atom is 0.272 e. The van der Waals surface area contributed by atoms with Crippen molar-refractivity contribution >= 4 is 17.4 Å². The number of para-hydroxylation sites is 1. The van der Waals surface area contributed by atoms with Gasteiger partial charge in [-0.15, -0.1) is 10.2 Å². The van der Waals surface area contributed by atoms with E-state index in [4.69, 9.17) is 0 Å². The Kier molecular flexibility index (Phi) is 4.08. The number of benzene rings is 1. The Balaban J connectivity index is 1.45. The second-order valence-corrected chi connectivity index (χ2v) is 5.85. The van der Waals surface area contributed by atoms with E-state index in [0.717, 1.165) is 30.0 Å². The number of nitrogens with zero attached hydrogens (tertiary/aromatic N) is 4. The van der Waals surface area contributed by atoms with Crippen molar-refractivity contribution in [3.8, 4) is 0 Å². The van der Waals surface area contributed by atoms with Crippen LogP contribution >= 0.6 is 0 Å². The third-order valence-corrected chi connectivity index (χ3v) is 4.22. The van der Waals surface area contributed by atoms with E-state index in [1.54, 1.807) is 18.5 Å². The van der Waals surface area contributed by atoms with Crippen LogP contribution in [0.4, 0.5) is 11.5 Å². The van der Waals surface area contributed by atoms with Gasteiger partial charge in [0.2, 0.25) is 0 Å². The Morgan fingerprint density at radius 1 is 1.08 bits per heavy atom. The maximum atomic E-state index is 12.2. The summed E-state index contributed by atoms with van der Waals surface area (Å²) in [6, 6.07) is 15.6. The van der Waals surface area contributed by atoms with Crippen LogP contribution in [0.25, 0.3) is 0 Å². The van der Waals surface area contributed by atoms with Crippen LogP contribution in [0.15, 0.2) is 60.9 Å². The fourth-order valence-corrected chi connectivity index (χ4v) is 2.94. The van der Waals surface area contributed by atoms with E-state index in [1.807, 2.05) is 30.3 Å². The molecule has 0 radical (unpaired) electrons. The van der Waals surface area contributed by atoms with Gasteiger partial charge in [-0.05, 0) is 41.8 Å². The molecule has 25 heavy (non-hydrogen) atoms. The molecule has 0 bridgehead atoms. The van der Waals surface area contributed by atoms with Gasteiger partial charge in [0.05, 0.1) is 0 Å². The first-order valence-corrected chi connectivity index (χ1v) is 8.17. The first-order valence-electron chi connectivity index (χ1n) is 8.17. The van der Waals surface area contributed by atoms with Gasteiger partial charge in [-0.2, -0.15) is 0 Å². The highest BCUT2D eigenvalue weighted by Gasteiger charge is 2.21. The monoisotopic (exact) mass is 331 g/mol. The number of hydrogen-bond acceptors (Lipinski definition) is 5. The number of fused-ring (bicyclic) bond motifs is 1. The molecule has 3 aromatic rings. The molecule has 6 heteroatoms. The molecule has 1 aliphatic heterocycles. The number of anilines is 2. The summed E-state index contributed by atoms with van der Waals surface area (Å²) in [7, 11) is 0. The van der Waals surface area contributed by atoms with Gasteiger partial charge in [-0.3, -0.25) is 9.78 Å². The summed E-state index contributed by atoms with van der Waals surface area (Å²) in [4.78, 5) is 18.4. The van der Waals surface area contributed by atoms with Crippen LogP contribution in [0.5, 0.6) is 0 Å². The van der Waals surface area contributed by atoms with Crippen molar-refractivity contribution < 1.29 is 4.79 Å². The molecule has 4 rings (SSSR count). The molecule has 1 N–H and O–H groups in total. The van der Waals surface area contributed by atoms with E-state index in [1.165, 1.54) is 5.56 Å². The number of pyridine rings is 1. The number of nitrogens with one attached hydrogen (secondary N) is 1. The van der Waals surface area contributed by atoms with Crippen molar-refractivity contribution in [3.63, 3.8) is 0 Å². The standard InChI is InChI=1S/C19H17N5O/c25-19(21-13-14-4-3-10-20-12-14)16-7-8-18(23-22-16)24-11-9-15-5-1-2-6-17(15)24/h1-8,10,12H,9,11,13H2,(H,21,25). The second-order valence-electron chi connectivity index (χ2n) is 5.85. The van der Waals surface area contributed by atoms with E-state index < -0.39 is 0 Å². The van der Waals surface area contributed by atoms with Gasteiger partial charge >= 0.3 is 0 Å². The Bertz CT molecular complexity index is 880. The minimum absolute atomic E-state index is 0.246. The van der Waals surface area contributed by atoms with Gasteiger partial charge in [0.1, 0.15) is 0 Å². The Morgan fingerprint density at radius 2 is 2.00 bits per heavy atom. The molecular weight excluding hydrogens is 314 g/mol. The molecule has 0 aliphatic carbocycles. The van der Waals surface area contributed by atoms with E-state index in [9.17, 15) is 4.79 Å². The summed E-state index contributed by atoms with van der Waals surface area (Å²) in [6.45, 7) is 1.29. The van der Waals surface area contributed by atoms with E-state index in [-0.39, 0.29) is 5.91 Å². The second kappa shape index (κ2) is 6.68. The molecule has 3 heterocycles. The van der Waals surface area contributed by atoms with Crippen molar-refractivity contribution in [1.29, 1.82) is 0 Å². The van der Waals surface area contributed by atoms with Crippen LogP contribution in [0.3, 0.4) is 0 Å². The highest BCUT2D eigenvalue weighted by Crippen LogP contribution is 2.32. The molecular formula is C19H17N5O. The highest BCUT2D eigenvalue weighted by atomic mass is 16.1. The molecule has 6 nitrogen and oxygen atoms in total. The lowest BCUT2D eigenvalue weighted by Gasteiger charge is -2.17. The molecule has 0 atom stereocenters. The van der Waals surface area contributed by atoms with Crippen molar-refractivity contribution in [1.82, 2.24) is 20.5 Å².